The molecule has 0 bridgehead atoms. The van der Waals surface area contributed by atoms with Gasteiger partial charge in [0, 0.05) is 32.4 Å². The Morgan fingerprint density at radius 3 is 2.74 bits per heavy atom. The van der Waals surface area contributed by atoms with Crippen molar-refractivity contribution in [1.82, 2.24) is 20.1 Å². The summed E-state index contributed by atoms with van der Waals surface area (Å²) < 4.78 is 0. The number of carbonyl (C=O) groups is 2. The second-order valence-corrected chi connectivity index (χ2v) is 5.78. The van der Waals surface area contributed by atoms with E-state index in [0.717, 1.165) is 22.5 Å². The summed E-state index contributed by atoms with van der Waals surface area (Å²) in [5.41, 5.74) is 4.72. The second kappa shape index (κ2) is 5.83. The van der Waals surface area contributed by atoms with Crippen LogP contribution in [0.1, 0.15) is 39.8 Å². The minimum Gasteiger partial charge on any atom is -0.338 e. The molecule has 2 amide bonds. The zero-order valence-electron chi connectivity index (χ0n) is 13.4. The van der Waals surface area contributed by atoms with E-state index in [4.69, 9.17) is 0 Å². The highest BCUT2D eigenvalue weighted by Gasteiger charge is 2.24. The van der Waals surface area contributed by atoms with E-state index < -0.39 is 0 Å². The van der Waals surface area contributed by atoms with Gasteiger partial charge in [-0.1, -0.05) is 0 Å². The maximum absolute atomic E-state index is 12.6. The Balaban J connectivity index is 1.88. The lowest BCUT2D eigenvalue weighted by Crippen LogP contribution is -2.35. The van der Waals surface area contributed by atoms with Gasteiger partial charge in [0.2, 0.25) is 5.91 Å². The zero-order valence-corrected chi connectivity index (χ0v) is 13.4. The van der Waals surface area contributed by atoms with E-state index in [1.165, 1.54) is 0 Å². The number of aromatic amines is 1. The summed E-state index contributed by atoms with van der Waals surface area (Å²) in [5, 5.41) is 9.84. The molecule has 0 spiro atoms. The molecule has 0 saturated heterocycles. The van der Waals surface area contributed by atoms with Crippen molar-refractivity contribution in [3.63, 3.8) is 0 Å². The van der Waals surface area contributed by atoms with Gasteiger partial charge in [0.05, 0.1) is 22.6 Å². The van der Waals surface area contributed by atoms with Gasteiger partial charge in [-0.2, -0.15) is 5.10 Å². The van der Waals surface area contributed by atoms with Crippen molar-refractivity contribution in [2.24, 2.45) is 0 Å². The summed E-state index contributed by atoms with van der Waals surface area (Å²) in [5.74, 6) is -0.159. The lowest BCUT2D eigenvalue weighted by Gasteiger charge is -2.28. The molecule has 2 N–H and O–H groups in total. The molecule has 1 aliphatic rings. The number of nitrogens with zero attached hydrogens (tertiary/aromatic N) is 3. The summed E-state index contributed by atoms with van der Waals surface area (Å²) in [7, 11) is 0. The molecule has 3 heterocycles. The van der Waals surface area contributed by atoms with Crippen LogP contribution in [-0.2, 0) is 17.8 Å². The molecule has 0 atom stereocenters. The Kier molecular flexibility index (Phi) is 3.85. The first-order chi connectivity index (χ1) is 11.0. The number of amides is 2. The molecule has 0 aromatic carbocycles. The van der Waals surface area contributed by atoms with Gasteiger partial charge in [-0.05, 0) is 31.4 Å². The average molecular weight is 313 g/mol. The molecule has 7 nitrogen and oxygen atoms in total. The van der Waals surface area contributed by atoms with Crippen molar-refractivity contribution in [3.05, 3.63) is 40.5 Å². The Bertz CT molecular complexity index is 761. The van der Waals surface area contributed by atoms with Gasteiger partial charge in [0.1, 0.15) is 0 Å². The number of anilines is 1. The van der Waals surface area contributed by atoms with E-state index in [0.29, 0.717) is 30.8 Å². The lowest BCUT2D eigenvalue weighted by atomic mass is 9.96. The van der Waals surface area contributed by atoms with Crippen LogP contribution in [0.25, 0.3) is 0 Å². The van der Waals surface area contributed by atoms with E-state index >= 15 is 0 Å². The van der Waals surface area contributed by atoms with Gasteiger partial charge >= 0.3 is 0 Å². The Labute approximate surface area is 134 Å². The fourth-order valence-corrected chi connectivity index (χ4v) is 2.87. The third-order valence-electron chi connectivity index (χ3n) is 4.20. The molecule has 0 unspecified atom stereocenters. The van der Waals surface area contributed by atoms with Gasteiger partial charge < -0.3 is 10.2 Å². The first kappa shape index (κ1) is 15.2. The number of H-pyrrole nitrogens is 1. The van der Waals surface area contributed by atoms with Crippen molar-refractivity contribution in [2.75, 3.05) is 11.9 Å². The van der Waals surface area contributed by atoms with Crippen LogP contribution in [0, 0.1) is 13.8 Å². The van der Waals surface area contributed by atoms with Crippen LogP contribution >= 0.6 is 0 Å². The zero-order chi connectivity index (χ0) is 16.6. The SMILES string of the molecule is CC(=O)N1CCc2c(cncc2C(=O)Nc2c(C)n[nH]c2C)C1. The predicted octanol–water partition coefficient (Wildman–Crippen LogP) is 1.58. The van der Waals surface area contributed by atoms with Crippen molar-refractivity contribution >= 4 is 17.5 Å². The van der Waals surface area contributed by atoms with E-state index in [2.05, 4.69) is 20.5 Å². The summed E-state index contributed by atoms with van der Waals surface area (Å²) in [6.07, 6.45) is 3.97. The van der Waals surface area contributed by atoms with Crippen LogP contribution in [0.3, 0.4) is 0 Å². The van der Waals surface area contributed by atoms with Crippen LogP contribution in [0.15, 0.2) is 12.4 Å². The van der Waals surface area contributed by atoms with E-state index in [9.17, 15) is 9.59 Å². The molecule has 0 saturated carbocycles. The quantitative estimate of drug-likeness (QED) is 0.880. The largest absolute Gasteiger partial charge is 0.338 e. The van der Waals surface area contributed by atoms with E-state index in [-0.39, 0.29) is 11.8 Å². The highest BCUT2D eigenvalue weighted by Crippen LogP contribution is 2.23. The van der Waals surface area contributed by atoms with Gasteiger partial charge in [-0.15, -0.1) is 0 Å². The molecular weight excluding hydrogens is 294 g/mol. The molecule has 23 heavy (non-hydrogen) atoms. The fraction of sp³-hybridized carbons (Fsp3) is 0.375. The van der Waals surface area contributed by atoms with Gasteiger partial charge in [0.25, 0.3) is 5.91 Å². The monoisotopic (exact) mass is 313 g/mol. The smallest absolute Gasteiger partial charge is 0.257 e. The molecule has 2 aromatic heterocycles. The third kappa shape index (κ3) is 2.81. The Hall–Kier alpha value is -2.70. The number of pyridine rings is 1. The first-order valence-corrected chi connectivity index (χ1v) is 7.51. The van der Waals surface area contributed by atoms with Crippen LogP contribution < -0.4 is 5.32 Å². The van der Waals surface area contributed by atoms with Gasteiger partial charge in [-0.3, -0.25) is 19.7 Å². The normalized spacial score (nSPS) is 13.6. The highest BCUT2D eigenvalue weighted by molar-refractivity contribution is 6.06. The van der Waals surface area contributed by atoms with Crippen LogP contribution in [-0.4, -0.2) is 38.4 Å². The van der Waals surface area contributed by atoms with Crippen molar-refractivity contribution in [2.45, 2.75) is 33.7 Å². The molecule has 7 heteroatoms. The summed E-state index contributed by atoms with van der Waals surface area (Å²) in [6, 6.07) is 0. The predicted molar refractivity (Wildman–Crippen MR) is 85.0 cm³/mol. The molecule has 3 rings (SSSR count). The minimum absolute atomic E-state index is 0.0372. The summed E-state index contributed by atoms with van der Waals surface area (Å²) >= 11 is 0. The maximum atomic E-state index is 12.6. The van der Waals surface area contributed by atoms with Crippen molar-refractivity contribution in [1.29, 1.82) is 0 Å². The Morgan fingerprint density at radius 2 is 2.09 bits per heavy atom. The molecule has 0 fully saturated rings. The fourth-order valence-electron chi connectivity index (χ4n) is 2.87. The molecule has 120 valence electrons. The lowest BCUT2D eigenvalue weighted by molar-refractivity contribution is -0.129. The number of nitrogens with one attached hydrogen (secondary N) is 2. The molecule has 0 radical (unpaired) electrons. The second-order valence-electron chi connectivity index (χ2n) is 5.78. The summed E-state index contributed by atoms with van der Waals surface area (Å²) in [6.45, 7) is 6.38. The Morgan fingerprint density at radius 1 is 1.30 bits per heavy atom. The average Bonchev–Trinajstić information content (AvgIpc) is 2.85. The topological polar surface area (TPSA) is 91.0 Å². The minimum atomic E-state index is -0.196. The number of aryl methyl sites for hydroxylation is 2. The van der Waals surface area contributed by atoms with Crippen LogP contribution in [0.2, 0.25) is 0 Å². The number of fused-ring (bicyclic) bond motifs is 1. The van der Waals surface area contributed by atoms with Crippen molar-refractivity contribution in [3.8, 4) is 0 Å². The first-order valence-electron chi connectivity index (χ1n) is 7.51. The highest BCUT2D eigenvalue weighted by atomic mass is 16.2. The number of rotatable bonds is 2. The van der Waals surface area contributed by atoms with Gasteiger partial charge in [-0.25, -0.2) is 0 Å². The molecule has 1 aliphatic heterocycles. The van der Waals surface area contributed by atoms with E-state index in [1.54, 1.807) is 24.2 Å². The standard InChI is InChI=1S/C16H19N5O2/c1-9-15(10(2)20-19-9)18-16(23)14-7-17-6-12-8-21(11(3)22)5-4-13(12)14/h6-7H,4-5,8H2,1-3H3,(H,18,23)(H,19,20). The number of hydrogen-bond donors (Lipinski definition) is 2. The van der Waals surface area contributed by atoms with E-state index in [1.807, 2.05) is 13.8 Å². The maximum Gasteiger partial charge on any atom is 0.257 e. The number of hydrogen-bond acceptors (Lipinski definition) is 4. The summed E-state index contributed by atoms with van der Waals surface area (Å²) in [4.78, 5) is 30.1. The van der Waals surface area contributed by atoms with Gasteiger partial charge in [0.15, 0.2) is 0 Å². The molecule has 0 aliphatic carbocycles. The number of carbonyl (C=O) groups excluding carboxylic acids is 2. The molecule has 2 aromatic rings. The molecular formula is C16H19N5O2. The number of aromatic nitrogens is 3. The van der Waals surface area contributed by atoms with Crippen LogP contribution in [0.4, 0.5) is 5.69 Å². The van der Waals surface area contributed by atoms with Crippen LogP contribution in [0.5, 0.6) is 0 Å². The third-order valence-corrected chi connectivity index (χ3v) is 4.20. The van der Waals surface area contributed by atoms with Crippen molar-refractivity contribution < 1.29 is 9.59 Å².